The maximum absolute atomic E-state index is 12.4. The highest BCUT2D eigenvalue weighted by atomic mass is 16.2. The number of hydrogen-bond donors (Lipinski definition) is 2. The van der Waals surface area contributed by atoms with E-state index in [-0.39, 0.29) is 17.9 Å². The second-order valence-electron chi connectivity index (χ2n) is 6.80. The zero-order chi connectivity index (χ0) is 15.3. The first-order chi connectivity index (χ1) is 10.0. The predicted molar refractivity (Wildman–Crippen MR) is 82.9 cm³/mol. The minimum atomic E-state index is -0.754. The summed E-state index contributed by atoms with van der Waals surface area (Å²) >= 11 is 0. The van der Waals surface area contributed by atoms with E-state index in [0.29, 0.717) is 19.4 Å². The van der Waals surface area contributed by atoms with Crippen molar-refractivity contribution in [3.8, 4) is 0 Å². The van der Waals surface area contributed by atoms with E-state index >= 15 is 0 Å². The van der Waals surface area contributed by atoms with Gasteiger partial charge < -0.3 is 15.5 Å². The summed E-state index contributed by atoms with van der Waals surface area (Å²) in [6.45, 7) is 1.59. The van der Waals surface area contributed by atoms with Gasteiger partial charge in [0, 0.05) is 12.6 Å². The Balaban J connectivity index is 1.75. The van der Waals surface area contributed by atoms with Crippen LogP contribution in [-0.4, -0.2) is 49.9 Å². The van der Waals surface area contributed by atoms with Crippen LogP contribution in [0.15, 0.2) is 0 Å². The van der Waals surface area contributed by atoms with Gasteiger partial charge in [0.25, 0.3) is 0 Å². The second-order valence-corrected chi connectivity index (χ2v) is 6.80. The molecule has 0 radical (unpaired) electrons. The molecule has 120 valence electrons. The Morgan fingerprint density at radius 1 is 1.10 bits per heavy atom. The van der Waals surface area contributed by atoms with Gasteiger partial charge in [0.05, 0.1) is 0 Å². The Hall–Kier alpha value is -1.10. The van der Waals surface area contributed by atoms with Gasteiger partial charge in [-0.15, -0.1) is 0 Å². The predicted octanol–water partition coefficient (Wildman–Crippen LogP) is 1.28. The fourth-order valence-electron chi connectivity index (χ4n) is 3.02. The molecule has 2 rings (SSSR count). The molecule has 2 aliphatic rings. The molecule has 0 aliphatic heterocycles. The molecule has 0 bridgehead atoms. The summed E-state index contributed by atoms with van der Waals surface area (Å²) < 4.78 is 0. The average molecular weight is 295 g/mol. The van der Waals surface area contributed by atoms with Crippen LogP contribution in [0.5, 0.6) is 0 Å². The van der Waals surface area contributed by atoms with Crippen molar-refractivity contribution in [1.29, 1.82) is 0 Å². The molecule has 0 aromatic rings. The number of carbonyl (C=O) groups is 2. The smallest absolute Gasteiger partial charge is 0.235 e. The average Bonchev–Trinajstić information content (AvgIpc) is 3.26. The van der Waals surface area contributed by atoms with Gasteiger partial charge in [-0.3, -0.25) is 9.59 Å². The van der Waals surface area contributed by atoms with Crippen molar-refractivity contribution >= 4 is 11.8 Å². The van der Waals surface area contributed by atoms with Crippen molar-refractivity contribution in [2.45, 2.75) is 57.4 Å². The number of rotatable bonds is 7. The third-order valence-electron chi connectivity index (χ3n) is 4.63. The minimum absolute atomic E-state index is 0.0421. The maximum Gasteiger partial charge on any atom is 0.235 e. The first-order valence-corrected chi connectivity index (χ1v) is 8.28. The first-order valence-electron chi connectivity index (χ1n) is 8.28. The number of carbonyl (C=O) groups excluding carboxylic acids is 2. The van der Waals surface area contributed by atoms with Gasteiger partial charge in [-0.1, -0.05) is 19.3 Å². The molecule has 0 heterocycles. The molecular formula is C16H29N3O2. The fraction of sp³-hybridized carbons (Fsp3) is 0.875. The number of nitrogens with zero attached hydrogens (tertiary/aromatic N) is 1. The molecule has 0 aromatic carbocycles. The molecule has 2 amide bonds. The lowest BCUT2D eigenvalue weighted by Gasteiger charge is -2.25. The molecule has 2 aliphatic carbocycles. The van der Waals surface area contributed by atoms with Crippen molar-refractivity contribution in [3.63, 3.8) is 0 Å². The van der Waals surface area contributed by atoms with Gasteiger partial charge in [0.1, 0.15) is 5.41 Å². The lowest BCUT2D eigenvalue weighted by atomic mass is 9.94. The summed E-state index contributed by atoms with van der Waals surface area (Å²) in [5.41, 5.74) is -0.754. The Morgan fingerprint density at radius 3 is 2.33 bits per heavy atom. The topological polar surface area (TPSA) is 61.4 Å². The van der Waals surface area contributed by atoms with Crippen molar-refractivity contribution in [3.05, 3.63) is 0 Å². The normalized spacial score (nSPS) is 21.1. The van der Waals surface area contributed by atoms with Crippen LogP contribution in [0.3, 0.4) is 0 Å². The minimum Gasteiger partial charge on any atom is -0.355 e. The molecule has 2 saturated carbocycles. The maximum atomic E-state index is 12.4. The third kappa shape index (κ3) is 4.43. The fourth-order valence-corrected chi connectivity index (χ4v) is 3.02. The zero-order valence-corrected chi connectivity index (χ0v) is 13.4. The Morgan fingerprint density at radius 2 is 1.76 bits per heavy atom. The van der Waals surface area contributed by atoms with Gasteiger partial charge in [-0.25, -0.2) is 0 Å². The van der Waals surface area contributed by atoms with Gasteiger partial charge >= 0.3 is 0 Å². The molecule has 0 saturated heterocycles. The highest BCUT2D eigenvalue weighted by molar-refractivity contribution is 6.07. The molecular weight excluding hydrogens is 266 g/mol. The van der Waals surface area contributed by atoms with E-state index in [2.05, 4.69) is 15.5 Å². The van der Waals surface area contributed by atoms with Crippen LogP contribution in [0.25, 0.3) is 0 Å². The third-order valence-corrected chi connectivity index (χ3v) is 4.63. The summed E-state index contributed by atoms with van der Waals surface area (Å²) in [6.07, 6.45) is 8.08. The molecule has 0 spiro atoms. The molecule has 5 heteroatoms. The number of nitrogens with one attached hydrogen (secondary N) is 2. The molecule has 2 fully saturated rings. The van der Waals surface area contributed by atoms with Crippen molar-refractivity contribution in [1.82, 2.24) is 15.5 Å². The van der Waals surface area contributed by atoms with E-state index in [1.165, 1.54) is 19.3 Å². The summed E-state index contributed by atoms with van der Waals surface area (Å²) in [4.78, 5) is 26.8. The molecule has 0 aromatic heterocycles. The van der Waals surface area contributed by atoms with E-state index < -0.39 is 5.41 Å². The second kappa shape index (κ2) is 7.25. The van der Waals surface area contributed by atoms with E-state index in [9.17, 15) is 9.59 Å². The van der Waals surface area contributed by atoms with Crippen LogP contribution in [0.1, 0.15) is 51.4 Å². The van der Waals surface area contributed by atoms with E-state index in [4.69, 9.17) is 0 Å². The van der Waals surface area contributed by atoms with Crippen LogP contribution in [0, 0.1) is 5.41 Å². The summed E-state index contributed by atoms with van der Waals surface area (Å²) in [5, 5.41) is 6.04. The van der Waals surface area contributed by atoms with Crippen molar-refractivity contribution < 1.29 is 9.59 Å². The highest BCUT2D eigenvalue weighted by Gasteiger charge is 2.56. The van der Waals surface area contributed by atoms with Crippen molar-refractivity contribution in [2.24, 2.45) is 5.41 Å². The number of amides is 2. The molecule has 21 heavy (non-hydrogen) atoms. The van der Waals surface area contributed by atoms with E-state index in [1.807, 2.05) is 14.1 Å². The number of hydrogen-bond acceptors (Lipinski definition) is 3. The molecule has 0 atom stereocenters. The standard InChI is InChI=1S/C16H29N3O2/c1-19(2)12-6-11-17-14(20)16(9-10-16)15(21)18-13-7-4-3-5-8-13/h13H,3-12H2,1-2H3,(H,17,20)(H,18,21). The quantitative estimate of drug-likeness (QED) is 0.549. The van der Waals surface area contributed by atoms with Crippen molar-refractivity contribution in [2.75, 3.05) is 27.2 Å². The Kier molecular flexibility index (Phi) is 5.62. The lowest BCUT2D eigenvalue weighted by Crippen LogP contribution is -2.47. The van der Waals surface area contributed by atoms with Crippen LogP contribution in [0.4, 0.5) is 0 Å². The molecule has 5 nitrogen and oxygen atoms in total. The summed E-state index contributed by atoms with van der Waals surface area (Å²) in [7, 11) is 4.03. The van der Waals surface area contributed by atoms with Crippen LogP contribution in [-0.2, 0) is 9.59 Å². The van der Waals surface area contributed by atoms with Crippen LogP contribution < -0.4 is 10.6 Å². The summed E-state index contributed by atoms with van der Waals surface area (Å²) in [6, 6.07) is 0.283. The molecule has 0 unspecified atom stereocenters. The van der Waals surface area contributed by atoms with Gasteiger partial charge in [-0.05, 0) is 52.7 Å². The van der Waals surface area contributed by atoms with E-state index in [0.717, 1.165) is 25.8 Å². The van der Waals surface area contributed by atoms with Gasteiger partial charge in [0.2, 0.25) is 11.8 Å². The van der Waals surface area contributed by atoms with E-state index in [1.54, 1.807) is 0 Å². The molecule has 2 N–H and O–H groups in total. The highest BCUT2D eigenvalue weighted by Crippen LogP contribution is 2.46. The zero-order valence-electron chi connectivity index (χ0n) is 13.4. The van der Waals surface area contributed by atoms with Gasteiger partial charge in [0.15, 0.2) is 0 Å². The largest absolute Gasteiger partial charge is 0.355 e. The summed E-state index contributed by atoms with van der Waals surface area (Å²) in [5.74, 6) is -0.117. The lowest BCUT2D eigenvalue weighted by molar-refractivity contribution is -0.137. The SMILES string of the molecule is CN(C)CCCNC(=O)C1(C(=O)NC2CCCCC2)CC1. The van der Waals surface area contributed by atoms with Gasteiger partial charge in [-0.2, -0.15) is 0 Å². The monoisotopic (exact) mass is 295 g/mol. The Labute approximate surface area is 127 Å². The first kappa shape index (κ1) is 16.3. The van der Waals surface area contributed by atoms with Crippen LogP contribution >= 0.6 is 0 Å². The van der Waals surface area contributed by atoms with Crippen LogP contribution in [0.2, 0.25) is 0 Å². The Bertz CT molecular complexity index is 372.